The predicted molar refractivity (Wildman–Crippen MR) is 38.4 cm³/mol. The molecule has 2 rings (SSSR count). The van der Waals surface area contributed by atoms with Crippen molar-refractivity contribution in [2.75, 3.05) is 0 Å². The van der Waals surface area contributed by atoms with Crippen LogP contribution in [-0.4, -0.2) is 27.0 Å². The maximum absolute atomic E-state index is 10.1. The topological polar surface area (TPSA) is 95.1 Å². The molecule has 0 fully saturated rings. The van der Waals surface area contributed by atoms with Crippen molar-refractivity contribution in [1.29, 1.82) is 0 Å². The van der Waals surface area contributed by atoms with Crippen molar-refractivity contribution in [2.45, 2.75) is 0 Å². The smallest absolute Gasteiger partial charge is 0.233 e. The SMILES string of the molecule is O=C=C1N=C(c2ncn[nH]2)NN1. The van der Waals surface area contributed by atoms with Gasteiger partial charge in [-0.25, -0.2) is 9.78 Å². The number of hydrogen-bond acceptors (Lipinski definition) is 6. The van der Waals surface area contributed by atoms with Gasteiger partial charge >= 0.3 is 0 Å². The average Bonchev–Trinajstić information content (AvgIpc) is 2.75. The summed E-state index contributed by atoms with van der Waals surface area (Å²) in [7, 11) is 0. The molecule has 0 aromatic carbocycles. The van der Waals surface area contributed by atoms with Gasteiger partial charge in [-0.2, -0.15) is 10.1 Å². The third-order valence-electron chi connectivity index (χ3n) is 1.26. The molecule has 0 saturated carbocycles. The lowest BCUT2D eigenvalue weighted by molar-refractivity contribution is 0.564. The summed E-state index contributed by atoms with van der Waals surface area (Å²) in [6.45, 7) is 0. The number of amidine groups is 1. The number of hydrazine groups is 1. The summed E-state index contributed by atoms with van der Waals surface area (Å²) in [6.07, 6.45) is 1.35. The summed E-state index contributed by atoms with van der Waals surface area (Å²) >= 11 is 0. The van der Waals surface area contributed by atoms with E-state index in [-0.39, 0.29) is 5.82 Å². The largest absolute Gasteiger partial charge is 0.279 e. The summed E-state index contributed by atoms with van der Waals surface area (Å²) in [5.74, 6) is 2.59. The molecule has 0 atom stereocenters. The molecule has 1 aromatic heterocycles. The Bertz CT molecular complexity index is 359. The fourth-order valence-corrected chi connectivity index (χ4v) is 0.766. The minimum atomic E-state index is 0.0985. The van der Waals surface area contributed by atoms with Gasteiger partial charge in [0.15, 0.2) is 17.6 Å². The van der Waals surface area contributed by atoms with E-state index in [1.165, 1.54) is 6.33 Å². The van der Waals surface area contributed by atoms with Gasteiger partial charge < -0.3 is 0 Å². The molecular weight excluding hydrogens is 160 g/mol. The Balaban J connectivity index is 2.34. The third kappa shape index (κ3) is 0.938. The molecule has 7 heteroatoms. The Morgan fingerprint density at radius 1 is 1.42 bits per heavy atom. The molecule has 1 aliphatic heterocycles. The summed E-state index contributed by atoms with van der Waals surface area (Å²) in [5, 5.41) is 6.21. The number of rotatable bonds is 1. The minimum Gasteiger partial charge on any atom is -0.279 e. The van der Waals surface area contributed by atoms with Gasteiger partial charge in [0.25, 0.3) is 0 Å². The van der Waals surface area contributed by atoms with Crippen molar-refractivity contribution in [3.05, 3.63) is 18.0 Å². The van der Waals surface area contributed by atoms with E-state index >= 15 is 0 Å². The molecular formula is C5H4N6O. The first-order valence-corrected chi connectivity index (χ1v) is 3.11. The highest BCUT2D eigenvalue weighted by Crippen LogP contribution is 1.97. The van der Waals surface area contributed by atoms with Crippen molar-refractivity contribution in [3.63, 3.8) is 0 Å². The minimum absolute atomic E-state index is 0.0985. The van der Waals surface area contributed by atoms with Gasteiger partial charge in [0.1, 0.15) is 6.33 Å². The highest BCUT2D eigenvalue weighted by Gasteiger charge is 2.13. The second-order valence-corrected chi connectivity index (χ2v) is 2.00. The Morgan fingerprint density at radius 2 is 2.33 bits per heavy atom. The molecule has 0 amide bonds. The van der Waals surface area contributed by atoms with Crippen LogP contribution in [0.5, 0.6) is 0 Å². The lowest BCUT2D eigenvalue weighted by Crippen LogP contribution is -2.30. The number of nitrogens with one attached hydrogen (secondary N) is 3. The standard InChI is InChI=1S/C5H4N6O/c12-1-3-8-5(11-9-3)4-6-2-7-10-4/h2,9H,(H,8,11)(H,6,7,10). The zero-order chi connectivity index (χ0) is 8.39. The number of aromatic nitrogens is 3. The maximum atomic E-state index is 10.1. The fraction of sp³-hybridized carbons (Fsp3) is 0. The Morgan fingerprint density at radius 3 is 2.92 bits per heavy atom. The van der Waals surface area contributed by atoms with Gasteiger partial charge in [0, 0.05) is 0 Å². The summed E-state index contributed by atoms with van der Waals surface area (Å²) < 4.78 is 0. The molecule has 7 nitrogen and oxygen atoms in total. The van der Waals surface area contributed by atoms with E-state index in [4.69, 9.17) is 0 Å². The molecule has 1 aromatic rings. The first-order valence-electron chi connectivity index (χ1n) is 3.11. The first-order chi connectivity index (χ1) is 5.90. The molecule has 0 spiro atoms. The van der Waals surface area contributed by atoms with Crippen LogP contribution in [-0.2, 0) is 4.79 Å². The number of hydrogen-bond donors (Lipinski definition) is 3. The first kappa shape index (κ1) is 6.56. The maximum Gasteiger partial charge on any atom is 0.233 e. The number of aliphatic imine (C=N–C) groups is 1. The van der Waals surface area contributed by atoms with Crippen LogP contribution in [0.2, 0.25) is 0 Å². The van der Waals surface area contributed by atoms with E-state index in [1.807, 2.05) is 0 Å². The van der Waals surface area contributed by atoms with E-state index in [0.717, 1.165) is 0 Å². The van der Waals surface area contributed by atoms with Crippen LogP contribution >= 0.6 is 0 Å². The molecule has 60 valence electrons. The fourth-order valence-electron chi connectivity index (χ4n) is 0.766. The van der Waals surface area contributed by atoms with Gasteiger partial charge in [0.05, 0.1) is 0 Å². The molecule has 2 heterocycles. The highest BCUT2D eigenvalue weighted by atomic mass is 16.1. The van der Waals surface area contributed by atoms with Crippen molar-refractivity contribution in [2.24, 2.45) is 4.99 Å². The van der Waals surface area contributed by atoms with Gasteiger partial charge in [-0.05, 0) is 0 Å². The summed E-state index contributed by atoms with van der Waals surface area (Å²) in [5.41, 5.74) is 5.12. The zero-order valence-corrected chi connectivity index (χ0v) is 5.83. The van der Waals surface area contributed by atoms with Crippen LogP contribution in [0.15, 0.2) is 17.1 Å². The van der Waals surface area contributed by atoms with Crippen LogP contribution in [0.4, 0.5) is 0 Å². The number of aromatic amines is 1. The monoisotopic (exact) mass is 164 g/mol. The number of H-pyrrole nitrogens is 1. The Labute approximate surface area is 66.6 Å². The van der Waals surface area contributed by atoms with Gasteiger partial charge in [-0.1, -0.05) is 0 Å². The summed E-state index contributed by atoms with van der Waals surface area (Å²) in [4.78, 5) is 17.7. The van der Waals surface area contributed by atoms with E-state index in [2.05, 4.69) is 31.0 Å². The Kier molecular flexibility index (Phi) is 1.36. The molecule has 12 heavy (non-hydrogen) atoms. The van der Waals surface area contributed by atoms with Crippen LogP contribution in [0.1, 0.15) is 5.82 Å². The lowest BCUT2D eigenvalue weighted by Gasteiger charge is -1.94. The van der Waals surface area contributed by atoms with Crippen molar-refractivity contribution in [1.82, 2.24) is 26.0 Å². The molecule has 3 N–H and O–H groups in total. The van der Waals surface area contributed by atoms with Gasteiger partial charge in [0.2, 0.25) is 5.82 Å². The lowest BCUT2D eigenvalue weighted by atomic mass is 10.6. The second kappa shape index (κ2) is 2.48. The molecule has 1 aliphatic rings. The van der Waals surface area contributed by atoms with E-state index in [9.17, 15) is 4.79 Å². The van der Waals surface area contributed by atoms with Gasteiger partial charge in [-0.15, -0.1) is 0 Å². The zero-order valence-electron chi connectivity index (χ0n) is 5.83. The van der Waals surface area contributed by atoms with E-state index in [1.54, 1.807) is 5.94 Å². The molecule has 0 bridgehead atoms. The summed E-state index contributed by atoms with van der Waals surface area (Å²) in [6, 6.07) is 0. The molecule has 0 aliphatic carbocycles. The molecule has 0 saturated heterocycles. The molecule has 0 radical (unpaired) electrons. The molecule has 0 unspecified atom stereocenters. The quantitative estimate of drug-likeness (QED) is 0.431. The second-order valence-electron chi connectivity index (χ2n) is 2.00. The van der Waals surface area contributed by atoms with E-state index in [0.29, 0.717) is 11.7 Å². The third-order valence-corrected chi connectivity index (χ3v) is 1.26. The van der Waals surface area contributed by atoms with Crippen molar-refractivity contribution < 1.29 is 4.79 Å². The van der Waals surface area contributed by atoms with Gasteiger partial charge in [-0.3, -0.25) is 16.0 Å². The number of carbonyl (C=O) groups excluding carboxylic acids is 1. The van der Waals surface area contributed by atoms with Crippen molar-refractivity contribution >= 4 is 11.8 Å². The van der Waals surface area contributed by atoms with Crippen LogP contribution in [0.25, 0.3) is 0 Å². The predicted octanol–water partition coefficient (Wildman–Crippen LogP) is -1.67. The van der Waals surface area contributed by atoms with Crippen molar-refractivity contribution in [3.8, 4) is 0 Å². The van der Waals surface area contributed by atoms with Crippen LogP contribution in [0, 0.1) is 0 Å². The normalized spacial score (nSPS) is 14.7. The highest BCUT2D eigenvalue weighted by molar-refractivity contribution is 5.97. The van der Waals surface area contributed by atoms with Crippen LogP contribution in [0.3, 0.4) is 0 Å². The van der Waals surface area contributed by atoms with E-state index < -0.39 is 0 Å². The number of nitrogens with zero attached hydrogens (tertiary/aromatic N) is 3. The van der Waals surface area contributed by atoms with Crippen LogP contribution < -0.4 is 10.9 Å². The Hall–Kier alpha value is -2.14. The average molecular weight is 164 g/mol.